The zero-order chi connectivity index (χ0) is 101. The molecular weight excluding hydrogens is 2480 g/mol. The van der Waals surface area contributed by atoms with Gasteiger partial charge in [-0.1, -0.05) is 193 Å². The Balaban J connectivity index is 0.000000224. The van der Waals surface area contributed by atoms with Gasteiger partial charge < -0.3 is 56.8 Å². The molecule has 18 nitrogen and oxygen atoms in total. The summed E-state index contributed by atoms with van der Waals surface area (Å²) in [6.45, 7) is 25.0. The van der Waals surface area contributed by atoms with Crippen molar-refractivity contribution in [3.8, 4) is 69.0 Å². The molecule has 137 heavy (non-hydrogen) atoms. The van der Waals surface area contributed by atoms with Crippen LogP contribution < -0.4 is 56.8 Å². The van der Waals surface area contributed by atoms with Gasteiger partial charge in [-0.25, -0.2) is 4.39 Å². The first kappa shape index (κ1) is 116. The Hall–Kier alpha value is -7.69. The second-order valence-corrected chi connectivity index (χ2v) is 39.4. The van der Waals surface area contributed by atoms with Crippen molar-refractivity contribution in [2.24, 2.45) is 0 Å². The van der Waals surface area contributed by atoms with Gasteiger partial charge in [0, 0.05) is 135 Å². The maximum absolute atomic E-state index is 14.0. The Morgan fingerprint density at radius 3 is 0.854 bits per heavy atom. The number of carbonyl (C=O) groups excluding carboxylic acids is 6. The van der Waals surface area contributed by atoms with E-state index in [9.17, 15) is 33.2 Å². The van der Waals surface area contributed by atoms with Crippen molar-refractivity contribution in [3.05, 3.63) is 336 Å². The van der Waals surface area contributed by atoms with Crippen molar-refractivity contribution in [1.82, 2.24) is 0 Å². The zero-order valence-corrected chi connectivity index (χ0v) is 94.8. The van der Waals surface area contributed by atoms with E-state index in [1.807, 2.05) is 139 Å². The van der Waals surface area contributed by atoms with Crippen LogP contribution in [0.25, 0.3) is 0 Å². The molecule has 0 amide bonds. The fourth-order valence-electron chi connectivity index (χ4n) is 11.3. The Bertz CT molecular complexity index is 5550. The summed E-state index contributed by atoms with van der Waals surface area (Å²) in [5.74, 6) is 3.91. The molecule has 0 saturated carbocycles. The maximum atomic E-state index is 14.0. The standard InChI is InChI=1S/C18H18BrClO3.C17H15Br2ClO3.C17H15BrCl2O3.C17H15BrClFO3.C17H15BrClIO3.C17H16BrClO3/c1-4-18(21)23-16-7-5-6-11(2)13(16)10-22-17-9-15(20)12(3)8-14(17)19;1-3-17(21)23-15-6-4-5-12(18)11(15)9-22-16-8-14(20)10(2)7-13(16)19;1-3-17(21)23-15-6-4-5-13(19)11(15)9-22-16-8-14(20)10(2)7-12(16)18;2*1-3-17(21)23-15-6-4-5-14(20)11(15)9-22-16-8-13(19)10(2)7-12(16)18;1-3-17(20)22-15-7-5-4-6-12(15)10-21-16-9-14(19)11(2)8-13(16)18/h5-9H,4,10H2,1-3H3;4*4-8H,3,9H2,1-2H3;4-9H,3,10H2,1-2H3. The van der Waals surface area contributed by atoms with Crippen LogP contribution in [0, 0.1) is 57.9 Å². The molecule has 726 valence electrons. The molecule has 0 unspecified atom stereocenters. The summed E-state index contributed by atoms with van der Waals surface area (Å²) in [5.41, 5.74) is 10.7. The van der Waals surface area contributed by atoms with Gasteiger partial charge in [-0.2, -0.15) is 0 Å². The lowest BCUT2D eigenvalue weighted by molar-refractivity contribution is -0.135. The van der Waals surface area contributed by atoms with Gasteiger partial charge in [-0.05, 0) is 303 Å². The molecule has 0 bridgehead atoms. The summed E-state index contributed by atoms with van der Waals surface area (Å²) >= 11 is 69.3. The average molecular weight is 2570 g/mol. The lowest BCUT2D eigenvalue weighted by atomic mass is 10.1. The molecule has 0 saturated heterocycles. The highest BCUT2D eigenvalue weighted by molar-refractivity contribution is 14.1. The molecule has 0 aliphatic rings. The summed E-state index contributed by atoms with van der Waals surface area (Å²) in [4.78, 5) is 69.1. The first-order valence-corrected chi connectivity index (χ1v) is 51.4. The SMILES string of the molecule is CCC(=O)Oc1cccc(Br)c1COc1cc(Cl)c(C)cc1Br.CCC(=O)Oc1cccc(C)c1COc1cc(Cl)c(C)cc1Br.CCC(=O)Oc1cccc(Cl)c1COc1cc(Cl)c(C)cc1Br.CCC(=O)Oc1cccc(F)c1COc1cc(Cl)c(C)cc1Br.CCC(=O)Oc1cccc(I)c1COc1cc(Cl)c(C)cc1Br.CCC(=O)Oc1ccccc1COc1cc(Cl)c(C)cc1Br. The number of hydrogen-bond acceptors (Lipinski definition) is 18. The van der Waals surface area contributed by atoms with E-state index < -0.39 is 11.8 Å². The van der Waals surface area contributed by atoms with Gasteiger partial charge in [0.1, 0.15) is 114 Å². The van der Waals surface area contributed by atoms with Gasteiger partial charge in [0.15, 0.2) is 0 Å². The number of benzene rings is 12. The van der Waals surface area contributed by atoms with E-state index in [-0.39, 0.29) is 93.6 Å². The van der Waals surface area contributed by atoms with Crippen molar-refractivity contribution in [2.75, 3.05) is 0 Å². The van der Waals surface area contributed by atoms with Crippen LogP contribution >= 0.6 is 215 Å². The van der Waals surface area contributed by atoms with Crippen molar-refractivity contribution >= 4 is 251 Å². The topological polar surface area (TPSA) is 213 Å². The van der Waals surface area contributed by atoms with Crippen LogP contribution in [0.5, 0.6) is 69.0 Å². The van der Waals surface area contributed by atoms with E-state index in [0.717, 1.165) is 91.6 Å². The number of carbonyl (C=O) groups is 6. The van der Waals surface area contributed by atoms with Crippen molar-refractivity contribution in [1.29, 1.82) is 0 Å². The minimum atomic E-state index is -0.499. The number of rotatable bonds is 30. The Kier molecular flexibility index (Phi) is 49.8. The van der Waals surface area contributed by atoms with E-state index in [1.165, 1.54) is 18.2 Å². The summed E-state index contributed by atoms with van der Waals surface area (Å²) < 4.78 is 87.3. The van der Waals surface area contributed by atoms with E-state index >= 15 is 0 Å². The zero-order valence-electron chi connectivity index (χ0n) is 76.3. The number of aryl methyl sites for hydroxylation is 7. The van der Waals surface area contributed by atoms with Crippen molar-refractivity contribution in [2.45, 2.75) is 168 Å². The van der Waals surface area contributed by atoms with Crippen LogP contribution in [-0.4, -0.2) is 35.8 Å². The fourth-order valence-corrected chi connectivity index (χ4v) is 17.0. The summed E-state index contributed by atoms with van der Waals surface area (Å²) in [6.07, 6.45) is 1.78. The Morgan fingerprint density at radius 2 is 0.496 bits per heavy atom. The molecule has 0 aromatic heterocycles. The normalized spacial score (nSPS) is 10.5. The molecule has 12 aromatic carbocycles. The predicted octanol–water partition coefficient (Wildman–Crippen LogP) is 34.3. The minimum Gasteiger partial charge on any atom is -0.488 e. The number of para-hydroxylation sites is 1. The third kappa shape index (κ3) is 37.0. The van der Waals surface area contributed by atoms with Crippen LogP contribution in [0.4, 0.5) is 4.39 Å². The van der Waals surface area contributed by atoms with Gasteiger partial charge in [-0.15, -0.1) is 0 Å². The highest BCUT2D eigenvalue weighted by Crippen LogP contribution is 2.42. The number of halogens is 16. The largest absolute Gasteiger partial charge is 0.488 e. The summed E-state index contributed by atoms with van der Waals surface area (Å²) in [7, 11) is 0. The second kappa shape index (κ2) is 58.6. The van der Waals surface area contributed by atoms with E-state index in [4.69, 9.17) is 138 Å². The predicted molar refractivity (Wildman–Crippen MR) is 574 cm³/mol. The Labute approximate surface area is 904 Å². The summed E-state index contributed by atoms with van der Waals surface area (Å²) in [6, 6.07) is 55.1. The van der Waals surface area contributed by atoms with E-state index in [2.05, 4.69) is 134 Å². The smallest absolute Gasteiger partial charge is 0.310 e. The highest BCUT2D eigenvalue weighted by Gasteiger charge is 2.22. The van der Waals surface area contributed by atoms with Crippen LogP contribution in [0.15, 0.2) is 219 Å². The van der Waals surface area contributed by atoms with Crippen LogP contribution in [0.2, 0.25) is 35.2 Å². The monoisotopic (exact) mass is 2560 g/mol. The molecule has 12 aromatic rings. The van der Waals surface area contributed by atoms with Crippen molar-refractivity contribution in [3.63, 3.8) is 0 Å². The number of esters is 6. The van der Waals surface area contributed by atoms with Crippen molar-refractivity contribution < 1.29 is 90.0 Å². The first-order valence-electron chi connectivity index (χ1n) is 42.1. The van der Waals surface area contributed by atoms with Gasteiger partial charge >= 0.3 is 35.8 Å². The van der Waals surface area contributed by atoms with Gasteiger partial charge in [0.05, 0.1) is 43.0 Å². The summed E-state index contributed by atoms with van der Waals surface area (Å²) in [5, 5.41) is 4.20. The average Bonchev–Trinajstić information content (AvgIpc) is 0.837. The van der Waals surface area contributed by atoms with E-state index in [1.54, 1.807) is 120 Å². The van der Waals surface area contributed by atoms with Crippen LogP contribution in [0.1, 0.15) is 152 Å². The van der Waals surface area contributed by atoms with Gasteiger partial charge in [-0.3, -0.25) is 28.8 Å². The van der Waals surface area contributed by atoms with E-state index in [0.29, 0.717) is 134 Å². The third-order valence-corrected chi connectivity index (χ3v) is 27.5. The molecule has 0 N–H and O–H groups in total. The van der Waals surface area contributed by atoms with Crippen LogP contribution in [-0.2, 0) is 68.4 Å². The fraction of sp³-hybridized carbons (Fsp3) is 0.243. The molecule has 0 aliphatic heterocycles. The first-order chi connectivity index (χ1) is 65.1. The van der Waals surface area contributed by atoms with Crippen LogP contribution in [0.3, 0.4) is 0 Å². The molecule has 12 rings (SSSR count). The lowest BCUT2D eigenvalue weighted by Crippen LogP contribution is -2.10. The molecule has 34 heteroatoms. The van der Waals surface area contributed by atoms with Gasteiger partial charge in [0.25, 0.3) is 0 Å². The maximum Gasteiger partial charge on any atom is 0.310 e. The number of ether oxygens (including phenoxy) is 12. The molecule has 0 heterocycles. The molecule has 0 aliphatic carbocycles. The Morgan fingerprint density at radius 1 is 0.248 bits per heavy atom. The molecule has 0 fully saturated rings. The quantitative estimate of drug-likeness (QED) is 0.0232. The molecular formula is C103H94Br7Cl7FIO18. The minimum absolute atomic E-state index is 0.0863. The third-order valence-electron chi connectivity index (χ3n) is 19.2. The second-order valence-electron chi connectivity index (χ2n) is 29.4. The number of hydrogen-bond donors (Lipinski definition) is 0. The van der Waals surface area contributed by atoms with Gasteiger partial charge in [0.2, 0.25) is 0 Å². The highest BCUT2D eigenvalue weighted by atomic mass is 127. The molecule has 0 radical (unpaired) electrons. The molecule has 0 spiro atoms. The lowest BCUT2D eigenvalue weighted by Gasteiger charge is -2.15. The molecule has 0 atom stereocenters.